The average molecular weight is 407 g/mol. The molecule has 0 aliphatic heterocycles. The number of benzene rings is 1. The van der Waals surface area contributed by atoms with Crippen molar-refractivity contribution in [2.75, 3.05) is 5.32 Å². The fourth-order valence-corrected chi connectivity index (χ4v) is 2.91. The van der Waals surface area contributed by atoms with E-state index >= 15 is 0 Å². The van der Waals surface area contributed by atoms with Gasteiger partial charge in [-0.1, -0.05) is 23.8 Å². The van der Waals surface area contributed by atoms with Gasteiger partial charge >= 0.3 is 12.0 Å². The molecule has 2 rings (SSSR count). The van der Waals surface area contributed by atoms with E-state index in [2.05, 4.69) is 33.2 Å². The highest BCUT2D eigenvalue weighted by Crippen LogP contribution is 2.22. The quantitative estimate of drug-likeness (QED) is 0.533. The normalized spacial score (nSPS) is 20.7. The van der Waals surface area contributed by atoms with Crippen molar-refractivity contribution in [2.45, 2.75) is 12.5 Å². The molecule has 0 radical (unpaired) electrons. The van der Waals surface area contributed by atoms with Crippen LogP contribution in [0.4, 0.5) is 10.5 Å². The lowest BCUT2D eigenvalue weighted by molar-refractivity contribution is -0.140. The lowest BCUT2D eigenvalue weighted by atomic mass is 10.1. The van der Waals surface area contributed by atoms with Gasteiger partial charge in [-0.25, -0.2) is 4.79 Å². The van der Waals surface area contributed by atoms with Crippen LogP contribution in [0.3, 0.4) is 0 Å². The van der Waals surface area contributed by atoms with Crippen LogP contribution in [-0.4, -0.2) is 23.1 Å². The number of anilines is 1. The van der Waals surface area contributed by atoms with E-state index < -0.39 is 11.9 Å². The third-order valence-electron chi connectivity index (χ3n) is 2.90. The number of amides is 2. The summed E-state index contributed by atoms with van der Waals surface area (Å²) in [6, 6.07) is 4.52. The lowest BCUT2D eigenvalue weighted by Gasteiger charge is -2.14. The van der Waals surface area contributed by atoms with E-state index in [4.69, 9.17) is 16.7 Å². The van der Waals surface area contributed by atoms with Gasteiger partial charge in [0.05, 0.1) is 17.6 Å². The van der Waals surface area contributed by atoms with E-state index in [1.807, 2.05) is 0 Å². The first-order valence-electron chi connectivity index (χ1n) is 5.89. The van der Waals surface area contributed by atoms with E-state index in [-0.39, 0.29) is 12.1 Å². The van der Waals surface area contributed by atoms with Gasteiger partial charge in [0.1, 0.15) is 0 Å². The summed E-state index contributed by atoms with van der Waals surface area (Å²) in [5.41, 5.74) is 0.657. The van der Waals surface area contributed by atoms with Crippen molar-refractivity contribution in [3.05, 3.63) is 38.9 Å². The Morgan fingerprint density at radius 3 is 2.70 bits per heavy atom. The predicted molar refractivity (Wildman–Crippen MR) is 85.0 cm³/mol. The number of hydrogen-bond donors (Lipinski definition) is 3. The molecule has 0 fully saturated rings. The average Bonchev–Trinajstić information content (AvgIpc) is 2.81. The number of aliphatic carboxylic acids is 1. The molecule has 20 heavy (non-hydrogen) atoms. The van der Waals surface area contributed by atoms with Crippen LogP contribution in [0.1, 0.15) is 6.42 Å². The molecular formula is C13H12ClIN2O3. The molecule has 1 aliphatic rings. The molecule has 1 aromatic rings. The number of hydrogen-bond acceptors (Lipinski definition) is 2. The molecule has 0 spiro atoms. The minimum atomic E-state index is -0.877. The first kappa shape index (κ1) is 15.1. The monoisotopic (exact) mass is 406 g/mol. The number of nitrogens with one attached hydrogen (secondary N) is 2. The van der Waals surface area contributed by atoms with E-state index in [0.717, 1.165) is 3.57 Å². The number of halogens is 2. The van der Waals surface area contributed by atoms with Crippen LogP contribution < -0.4 is 10.6 Å². The van der Waals surface area contributed by atoms with Gasteiger partial charge < -0.3 is 15.7 Å². The molecule has 0 bridgehead atoms. The van der Waals surface area contributed by atoms with Crippen LogP contribution in [0.5, 0.6) is 0 Å². The van der Waals surface area contributed by atoms with E-state index in [0.29, 0.717) is 17.1 Å². The Balaban J connectivity index is 1.90. The van der Waals surface area contributed by atoms with Gasteiger partial charge in [0.25, 0.3) is 0 Å². The van der Waals surface area contributed by atoms with Gasteiger partial charge in [-0.2, -0.15) is 0 Å². The first-order chi connectivity index (χ1) is 9.45. The minimum Gasteiger partial charge on any atom is -0.481 e. The second-order valence-corrected chi connectivity index (χ2v) is 5.99. The largest absolute Gasteiger partial charge is 0.481 e. The predicted octanol–water partition coefficient (Wildman–Crippen LogP) is 3.10. The Labute approximate surface area is 134 Å². The molecule has 7 heteroatoms. The molecule has 0 heterocycles. The number of carboxylic acids is 1. The summed E-state index contributed by atoms with van der Waals surface area (Å²) >= 11 is 7.92. The molecule has 5 nitrogen and oxygen atoms in total. The van der Waals surface area contributed by atoms with Gasteiger partial charge in [0.15, 0.2) is 0 Å². The topological polar surface area (TPSA) is 78.4 Å². The van der Waals surface area contributed by atoms with Crippen molar-refractivity contribution in [1.82, 2.24) is 5.32 Å². The maximum Gasteiger partial charge on any atom is 0.319 e. The summed E-state index contributed by atoms with van der Waals surface area (Å²) in [6.45, 7) is 0. The van der Waals surface area contributed by atoms with Crippen LogP contribution in [0.2, 0.25) is 5.02 Å². The molecule has 2 unspecified atom stereocenters. The van der Waals surface area contributed by atoms with Crippen molar-refractivity contribution >= 4 is 51.9 Å². The third-order valence-corrected chi connectivity index (χ3v) is 4.02. The Kier molecular flexibility index (Phi) is 4.87. The summed E-state index contributed by atoms with van der Waals surface area (Å²) < 4.78 is 0.829. The molecule has 1 aromatic carbocycles. The molecule has 1 aliphatic carbocycles. The van der Waals surface area contributed by atoms with E-state index in [9.17, 15) is 9.59 Å². The Hall–Kier alpha value is -1.28. The van der Waals surface area contributed by atoms with Gasteiger partial charge in [0, 0.05) is 8.59 Å². The van der Waals surface area contributed by atoms with Gasteiger partial charge in [-0.05, 0) is 47.2 Å². The molecule has 3 N–H and O–H groups in total. The van der Waals surface area contributed by atoms with Crippen molar-refractivity contribution in [1.29, 1.82) is 0 Å². The maximum absolute atomic E-state index is 11.8. The van der Waals surface area contributed by atoms with Crippen molar-refractivity contribution in [3.8, 4) is 0 Å². The van der Waals surface area contributed by atoms with Crippen molar-refractivity contribution in [3.63, 3.8) is 0 Å². The summed E-state index contributed by atoms with van der Waals surface area (Å²) in [4.78, 5) is 22.6. The van der Waals surface area contributed by atoms with Crippen LogP contribution in [0, 0.1) is 9.49 Å². The highest BCUT2D eigenvalue weighted by atomic mass is 127. The molecular weight excluding hydrogens is 395 g/mol. The summed E-state index contributed by atoms with van der Waals surface area (Å²) in [6.07, 6.45) is 3.67. The van der Waals surface area contributed by atoms with Gasteiger partial charge in [-0.3, -0.25) is 4.79 Å². The molecule has 0 aromatic heterocycles. The molecule has 2 amide bonds. The molecule has 106 valence electrons. The summed E-state index contributed by atoms with van der Waals surface area (Å²) in [5, 5.41) is 14.9. The molecule has 0 saturated heterocycles. The highest BCUT2D eigenvalue weighted by molar-refractivity contribution is 14.1. The zero-order chi connectivity index (χ0) is 14.7. The Morgan fingerprint density at radius 2 is 2.10 bits per heavy atom. The van der Waals surface area contributed by atoms with Gasteiger partial charge in [-0.15, -0.1) is 0 Å². The van der Waals surface area contributed by atoms with Crippen LogP contribution in [0.15, 0.2) is 30.4 Å². The lowest BCUT2D eigenvalue weighted by Crippen LogP contribution is -2.36. The van der Waals surface area contributed by atoms with Crippen LogP contribution in [-0.2, 0) is 4.79 Å². The fourth-order valence-electron chi connectivity index (χ4n) is 1.91. The van der Waals surface area contributed by atoms with Crippen molar-refractivity contribution < 1.29 is 14.7 Å². The summed E-state index contributed by atoms with van der Waals surface area (Å²) in [5.74, 6) is -1.41. The zero-order valence-corrected chi connectivity index (χ0v) is 13.2. The van der Waals surface area contributed by atoms with E-state index in [1.54, 1.807) is 30.4 Å². The van der Waals surface area contributed by atoms with Crippen LogP contribution in [0.25, 0.3) is 0 Å². The van der Waals surface area contributed by atoms with Crippen molar-refractivity contribution in [2.24, 2.45) is 5.92 Å². The second-order valence-electron chi connectivity index (χ2n) is 4.39. The zero-order valence-electron chi connectivity index (χ0n) is 10.3. The smallest absolute Gasteiger partial charge is 0.319 e. The first-order valence-corrected chi connectivity index (χ1v) is 7.35. The summed E-state index contributed by atoms with van der Waals surface area (Å²) in [7, 11) is 0. The van der Waals surface area contributed by atoms with Gasteiger partial charge in [0.2, 0.25) is 0 Å². The number of urea groups is 1. The second kappa shape index (κ2) is 6.45. The Morgan fingerprint density at radius 1 is 1.35 bits per heavy atom. The Bertz CT molecular complexity index is 577. The third kappa shape index (κ3) is 3.86. The maximum atomic E-state index is 11.8. The number of carbonyl (C=O) groups is 2. The standard InChI is InChI=1S/C13H12ClIN2O3/c14-8-2-4-11(10(15)6-8)17-13(20)16-9-3-1-7(5-9)12(18)19/h1-4,6-7,9H,5H2,(H,18,19)(H2,16,17,20). The fraction of sp³-hybridized carbons (Fsp3) is 0.231. The number of carboxylic acid groups (broad SMARTS) is 1. The minimum absolute atomic E-state index is 0.263. The number of rotatable bonds is 3. The highest BCUT2D eigenvalue weighted by Gasteiger charge is 2.25. The number of carbonyl (C=O) groups excluding carboxylic acids is 1. The SMILES string of the molecule is O=C(Nc1ccc(Cl)cc1I)NC1C=CC(C(=O)O)C1. The van der Waals surface area contributed by atoms with Crippen LogP contribution >= 0.6 is 34.2 Å². The molecule has 2 atom stereocenters. The molecule has 0 saturated carbocycles. The van der Waals surface area contributed by atoms with E-state index in [1.165, 1.54) is 0 Å².